The van der Waals surface area contributed by atoms with Crippen LogP contribution in [0.4, 0.5) is 13.2 Å². The standard InChI is InChI=1S/C20H28F3N3O11/c1-8(27)25-14-16(36-11(4)30)15(35-10(3)29)12(7-34-9(2)28)37-17(14)26-13(31)6-19(24,18(32)33-5)20(21,22)23/h12,14-17H,6-7,24H2,1-5H3,(H,25,27)(H,26,31)/t12-,14-,15-,16-,17-,19+/m1/s1. The van der Waals surface area contributed by atoms with Crippen LogP contribution in [0.15, 0.2) is 0 Å². The van der Waals surface area contributed by atoms with Gasteiger partial charge in [-0.25, -0.2) is 4.79 Å². The Balaban J connectivity index is 3.44. The normalized spacial score (nSPS) is 25.1. The smallest absolute Gasteiger partial charge is 0.417 e. The lowest BCUT2D eigenvalue weighted by Crippen LogP contribution is -2.70. The molecule has 1 heterocycles. The molecule has 0 aliphatic carbocycles. The number of hydrogen-bond acceptors (Lipinski definition) is 12. The second-order valence-electron chi connectivity index (χ2n) is 7.98. The second kappa shape index (κ2) is 12.7. The fraction of sp³-hybridized carbons (Fsp3) is 0.700. The highest BCUT2D eigenvalue weighted by molar-refractivity contribution is 5.89. The summed E-state index contributed by atoms with van der Waals surface area (Å²) < 4.78 is 65.4. The molecular weight excluding hydrogens is 515 g/mol. The minimum absolute atomic E-state index is 0.615. The third-order valence-corrected chi connectivity index (χ3v) is 4.91. The molecule has 0 aromatic rings. The first-order valence-corrected chi connectivity index (χ1v) is 10.6. The van der Waals surface area contributed by atoms with E-state index in [2.05, 4.69) is 10.1 Å². The molecule has 1 saturated heterocycles. The van der Waals surface area contributed by atoms with Crippen molar-refractivity contribution in [2.75, 3.05) is 13.7 Å². The molecule has 0 aromatic heterocycles. The van der Waals surface area contributed by atoms with Crippen molar-refractivity contribution in [1.82, 2.24) is 10.6 Å². The van der Waals surface area contributed by atoms with Crippen LogP contribution in [0.3, 0.4) is 0 Å². The molecule has 0 bridgehead atoms. The first-order valence-electron chi connectivity index (χ1n) is 10.6. The molecule has 4 N–H and O–H groups in total. The van der Waals surface area contributed by atoms with E-state index in [1.807, 2.05) is 5.32 Å². The number of halogens is 3. The molecular formula is C20H28F3N3O11. The summed E-state index contributed by atoms with van der Waals surface area (Å²) in [5.41, 5.74) is 1.43. The van der Waals surface area contributed by atoms with Crippen molar-refractivity contribution in [1.29, 1.82) is 0 Å². The Morgan fingerprint density at radius 2 is 1.43 bits per heavy atom. The number of methoxy groups -OCH3 is 1. The maximum atomic E-state index is 13.5. The summed E-state index contributed by atoms with van der Waals surface area (Å²) in [4.78, 5) is 71.1. The molecule has 0 aromatic carbocycles. The van der Waals surface area contributed by atoms with E-state index >= 15 is 0 Å². The molecule has 2 amide bonds. The van der Waals surface area contributed by atoms with Crippen molar-refractivity contribution in [3.8, 4) is 0 Å². The predicted molar refractivity (Wildman–Crippen MR) is 112 cm³/mol. The van der Waals surface area contributed by atoms with Crippen LogP contribution in [0.1, 0.15) is 34.1 Å². The number of carbonyl (C=O) groups is 6. The van der Waals surface area contributed by atoms with Crippen LogP contribution in [0.5, 0.6) is 0 Å². The number of alkyl halides is 3. The van der Waals surface area contributed by atoms with Crippen LogP contribution in [0.25, 0.3) is 0 Å². The molecule has 0 unspecified atom stereocenters. The van der Waals surface area contributed by atoms with E-state index in [-0.39, 0.29) is 0 Å². The Labute approximate surface area is 208 Å². The van der Waals surface area contributed by atoms with Gasteiger partial charge in [0.05, 0.1) is 13.5 Å². The Morgan fingerprint density at radius 3 is 1.86 bits per heavy atom. The van der Waals surface area contributed by atoms with E-state index in [4.69, 9.17) is 24.7 Å². The van der Waals surface area contributed by atoms with Gasteiger partial charge in [-0.1, -0.05) is 0 Å². The lowest BCUT2D eigenvalue weighted by Gasteiger charge is -2.45. The zero-order valence-electron chi connectivity index (χ0n) is 20.5. The van der Waals surface area contributed by atoms with Gasteiger partial charge in [0.25, 0.3) is 0 Å². The molecule has 17 heteroatoms. The molecule has 0 saturated carbocycles. The molecule has 210 valence electrons. The van der Waals surface area contributed by atoms with Crippen LogP contribution in [-0.4, -0.2) is 91.7 Å². The first-order chi connectivity index (χ1) is 16.9. The molecule has 37 heavy (non-hydrogen) atoms. The fourth-order valence-corrected chi connectivity index (χ4v) is 3.39. The van der Waals surface area contributed by atoms with Gasteiger partial charge in [-0.05, 0) is 0 Å². The molecule has 0 radical (unpaired) electrons. The highest BCUT2D eigenvalue weighted by Gasteiger charge is 2.60. The Kier molecular flexibility index (Phi) is 10.8. The van der Waals surface area contributed by atoms with Gasteiger partial charge in [-0.3, -0.25) is 24.0 Å². The zero-order valence-corrected chi connectivity index (χ0v) is 20.5. The fourth-order valence-electron chi connectivity index (χ4n) is 3.39. The Hall–Kier alpha value is -3.47. The average Bonchev–Trinajstić information content (AvgIpc) is 2.73. The number of carbonyl (C=O) groups excluding carboxylic acids is 6. The van der Waals surface area contributed by atoms with Gasteiger partial charge in [0.2, 0.25) is 17.4 Å². The van der Waals surface area contributed by atoms with Gasteiger partial charge < -0.3 is 40.1 Å². The van der Waals surface area contributed by atoms with Crippen LogP contribution >= 0.6 is 0 Å². The maximum absolute atomic E-state index is 13.5. The number of esters is 4. The number of nitrogens with one attached hydrogen (secondary N) is 2. The van der Waals surface area contributed by atoms with E-state index in [1.165, 1.54) is 0 Å². The van der Waals surface area contributed by atoms with E-state index in [9.17, 15) is 41.9 Å². The van der Waals surface area contributed by atoms with E-state index in [1.54, 1.807) is 0 Å². The summed E-state index contributed by atoms with van der Waals surface area (Å²) >= 11 is 0. The topological polar surface area (TPSA) is 199 Å². The number of rotatable bonds is 9. The van der Waals surface area contributed by atoms with Crippen LogP contribution in [0.2, 0.25) is 0 Å². The third-order valence-electron chi connectivity index (χ3n) is 4.91. The molecule has 0 spiro atoms. The van der Waals surface area contributed by atoms with E-state index in [0.717, 1.165) is 27.7 Å². The molecule has 1 fully saturated rings. The molecule has 1 rings (SSSR count). The highest BCUT2D eigenvalue weighted by Crippen LogP contribution is 2.33. The van der Waals surface area contributed by atoms with Gasteiger partial charge in [-0.2, -0.15) is 13.2 Å². The van der Waals surface area contributed by atoms with Crippen LogP contribution in [0, 0.1) is 0 Å². The third kappa shape index (κ3) is 8.56. The summed E-state index contributed by atoms with van der Waals surface area (Å²) in [5.74, 6) is -6.81. The van der Waals surface area contributed by atoms with Crippen molar-refractivity contribution in [2.45, 2.75) is 76.4 Å². The monoisotopic (exact) mass is 543 g/mol. The number of ether oxygens (including phenoxy) is 5. The average molecular weight is 543 g/mol. The van der Waals surface area contributed by atoms with Gasteiger partial charge in [-0.15, -0.1) is 0 Å². The van der Waals surface area contributed by atoms with Gasteiger partial charge >= 0.3 is 30.1 Å². The van der Waals surface area contributed by atoms with Crippen molar-refractivity contribution < 1.29 is 65.6 Å². The van der Waals surface area contributed by atoms with Gasteiger partial charge in [0.1, 0.15) is 18.8 Å². The van der Waals surface area contributed by atoms with Gasteiger partial charge in [0, 0.05) is 27.7 Å². The largest absolute Gasteiger partial charge is 0.467 e. The summed E-state index contributed by atoms with van der Waals surface area (Å²) in [6, 6.07) is -1.53. The van der Waals surface area contributed by atoms with E-state index in [0.29, 0.717) is 7.11 Å². The lowest BCUT2D eigenvalue weighted by atomic mass is 9.93. The summed E-state index contributed by atoms with van der Waals surface area (Å²) in [6.07, 6.45) is -13.3. The summed E-state index contributed by atoms with van der Waals surface area (Å²) in [5, 5.41) is 4.35. The quantitative estimate of drug-likeness (QED) is 0.227. The van der Waals surface area contributed by atoms with Crippen molar-refractivity contribution in [3.05, 3.63) is 0 Å². The number of hydrogen-bond donors (Lipinski definition) is 3. The van der Waals surface area contributed by atoms with Gasteiger partial charge in [0.15, 0.2) is 18.4 Å². The Bertz CT molecular complexity index is 914. The highest BCUT2D eigenvalue weighted by atomic mass is 19.4. The summed E-state index contributed by atoms with van der Waals surface area (Å²) in [6.45, 7) is 3.43. The minimum Gasteiger partial charge on any atom is -0.467 e. The second-order valence-corrected chi connectivity index (χ2v) is 7.98. The lowest BCUT2D eigenvalue weighted by molar-refractivity contribution is -0.228. The molecule has 14 nitrogen and oxygen atoms in total. The summed E-state index contributed by atoms with van der Waals surface area (Å²) in [7, 11) is 0.642. The number of amides is 2. The van der Waals surface area contributed by atoms with Crippen LogP contribution in [-0.2, 0) is 52.5 Å². The van der Waals surface area contributed by atoms with Crippen molar-refractivity contribution in [2.24, 2.45) is 5.73 Å². The predicted octanol–water partition coefficient (Wildman–Crippen LogP) is -1.42. The SMILES string of the molecule is COC(=O)[C@@](N)(CC(=O)N[C@@H]1O[C@H](COC(C)=O)[C@@H](OC(C)=O)[C@H](OC(C)=O)[C@H]1NC(C)=O)C(F)(F)F. The zero-order chi connectivity index (χ0) is 28.7. The Morgan fingerprint density at radius 1 is 0.892 bits per heavy atom. The first kappa shape index (κ1) is 31.6. The maximum Gasteiger partial charge on any atom is 0.417 e. The molecule has 1 aliphatic heterocycles. The molecule has 6 atom stereocenters. The molecule has 1 aliphatic rings. The van der Waals surface area contributed by atoms with Crippen LogP contribution < -0.4 is 16.4 Å². The van der Waals surface area contributed by atoms with Crippen molar-refractivity contribution >= 4 is 35.7 Å². The van der Waals surface area contributed by atoms with E-state index < -0.39 is 91.0 Å². The van der Waals surface area contributed by atoms with Crippen molar-refractivity contribution in [3.63, 3.8) is 0 Å². The number of nitrogens with two attached hydrogens (primary N) is 1. The minimum atomic E-state index is -5.40.